The molecule has 0 amide bonds. The SMILES string of the molecule is [AlH3].[CH2]CCCl. The lowest BCUT2D eigenvalue weighted by molar-refractivity contribution is 1.24. The Hall–Kier alpha value is 0.822. The summed E-state index contributed by atoms with van der Waals surface area (Å²) < 4.78 is 0. The third-order valence-corrected chi connectivity index (χ3v) is 0.401. The van der Waals surface area contributed by atoms with Crippen LogP contribution in [0.4, 0.5) is 0 Å². The first-order valence-electron chi connectivity index (χ1n) is 1.27. The summed E-state index contributed by atoms with van der Waals surface area (Å²) in [5.74, 6) is 0.681. The molecule has 2 heteroatoms. The van der Waals surface area contributed by atoms with Crippen molar-refractivity contribution in [1.82, 2.24) is 0 Å². The summed E-state index contributed by atoms with van der Waals surface area (Å²) >= 11 is 5.12. The first-order valence-corrected chi connectivity index (χ1v) is 1.80. The van der Waals surface area contributed by atoms with Crippen LogP contribution in [0, 0.1) is 6.92 Å². The second-order valence-electron chi connectivity index (χ2n) is 0.543. The van der Waals surface area contributed by atoms with Gasteiger partial charge in [-0.3, -0.25) is 0 Å². The van der Waals surface area contributed by atoms with Crippen LogP contribution in [0.5, 0.6) is 0 Å². The smallest absolute Gasteiger partial charge is 0.127 e. The van der Waals surface area contributed by atoms with Gasteiger partial charge in [0.2, 0.25) is 0 Å². The summed E-state index contributed by atoms with van der Waals surface area (Å²) in [5.41, 5.74) is 0. The van der Waals surface area contributed by atoms with Crippen molar-refractivity contribution in [2.75, 3.05) is 5.88 Å². The zero-order valence-corrected chi connectivity index (χ0v) is 3.26. The molecule has 0 N–H and O–H groups in total. The van der Waals surface area contributed by atoms with E-state index in [1.165, 1.54) is 0 Å². The Labute approximate surface area is 48.6 Å². The third-order valence-electron chi connectivity index (χ3n) is 0.134. The molecular formula is C3H9AlCl. The largest absolute Gasteiger partial charge is 0.187 e. The lowest BCUT2D eigenvalue weighted by Gasteiger charge is -1.65. The fraction of sp³-hybridized carbons (Fsp3) is 0.667. The van der Waals surface area contributed by atoms with Gasteiger partial charge in [0.25, 0.3) is 0 Å². The summed E-state index contributed by atoms with van der Waals surface area (Å²) in [6.45, 7) is 3.47. The molecule has 0 nitrogen and oxygen atoms in total. The van der Waals surface area contributed by atoms with Crippen LogP contribution in [-0.4, -0.2) is 23.2 Å². The third kappa shape index (κ3) is 11.6. The molecule has 0 aliphatic heterocycles. The van der Waals surface area contributed by atoms with Crippen molar-refractivity contribution < 1.29 is 0 Å². The zero-order chi connectivity index (χ0) is 3.41. The van der Waals surface area contributed by atoms with Crippen molar-refractivity contribution in [2.24, 2.45) is 0 Å². The van der Waals surface area contributed by atoms with E-state index in [4.69, 9.17) is 11.6 Å². The maximum Gasteiger partial charge on any atom is 0.187 e. The van der Waals surface area contributed by atoms with E-state index in [0.29, 0.717) is 5.88 Å². The highest BCUT2D eigenvalue weighted by Gasteiger charge is 1.59. The molecule has 0 unspecified atom stereocenters. The van der Waals surface area contributed by atoms with Gasteiger partial charge >= 0.3 is 0 Å². The second-order valence-corrected chi connectivity index (χ2v) is 0.921. The van der Waals surface area contributed by atoms with E-state index in [0.717, 1.165) is 6.42 Å². The molecule has 0 aromatic heterocycles. The van der Waals surface area contributed by atoms with E-state index in [2.05, 4.69) is 6.92 Å². The minimum absolute atomic E-state index is 0. The molecule has 0 aromatic rings. The van der Waals surface area contributed by atoms with Gasteiger partial charge < -0.3 is 0 Å². The lowest BCUT2D eigenvalue weighted by Crippen LogP contribution is -1.56. The van der Waals surface area contributed by atoms with Crippen LogP contribution in [0.25, 0.3) is 0 Å². The van der Waals surface area contributed by atoms with Crippen LogP contribution in [-0.2, 0) is 0 Å². The molecule has 1 radical (unpaired) electrons. The molecule has 0 aliphatic carbocycles. The standard InChI is InChI=1S/C3H6Cl.Al.3H/c1-2-3-4;;;;/h1-3H2;;;;. The zero-order valence-electron chi connectivity index (χ0n) is 2.50. The molecule has 0 rings (SSSR count). The number of halogens is 1. The van der Waals surface area contributed by atoms with E-state index in [9.17, 15) is 0 Å². The van der Waals surface area contributed by atoms with Crippen molar-refractivity contribution in [2.45, 2.75) is 6.42 Å². The van der Waals surface area contributed by atoms with Gasteiger partial charge in [-0.25, -0.2) is 0 Å². The van der Waals surface area contributed by atoms with E-state index in [1.54, 1.807) is 0 Å². The summed E-state index contributed by atoms with van der Waals surface area (Å²) in [5, 5.41) is 0. The fourth-order valence-electron chi connectivity index (χ4n) is 0. The van der Waals surface area contributed by atoms with E-state index < -0.39 is 0 Å². The van der Waals surface area contributed by atoms with Crippen LogP contribution in [0.15, 0.2) is 0 Å². The van der Waals surface area contributed by atoms with Crippen molar-refractivity contribution in [3.63, 3.8) is 0 Å². The molecule has 0 atom stereocenters. The highest BCUT2D eigenvalue weighted by atomic mass is 35.5. The summed E-state index contributed by atoms with van der Waals surface area (Å²) in [6.07, 6.45) is 0.835. The topological polar surface area (TPSA) is 0 Å². The molecule has 0 saturated heterocycles. The summed E-state index contributed by atoms with van der Waals surface area (Å²) in [4.78, 5) is 0. The van der Waals surface area contributed by atoms with Gasteiger partial charge in [0, 0.05) is 5.88 Å². The average Bonchev–Trinajstić information content (AvgIpc) is 1.37. The van der Waals surface area contributed by atoms with Gasteiger partial charge in [0.05, 0.1) is 0 Å². The average molecular weight is 108 g/mol. The summed E-state index contributed by atoms with van der Waals surface area (Å²) in [7, 11) is 0. The molecule has 5 heavy (non-hydrogen) atoms. The molecule has 0 fully saturated rings. The Kier molecular flexibility index (Phi) is 16.4. The van der Waals surface area contributed by atoms with Crippen molar-refractivity contribution in [1.29, 1.82) is 0 Å². The molecule has 0 spiro atoms. The van der Waals surface area contributed by atoms with Crippen LogP contribution in [0.3, 0.4) is 0 Å². The number of rotatable bonds is 1. The van der Waals surface area contributed by atoms with Crippen molar-refractivity contribution in [3.8, 4) is 0 Å². The quantitative estimate of drug-likeness (QED) is 0.333. The molecule has 0 aliphatic rings. The van der Waals surface area contributed by atoms with Gasteiger partial charge in [-0.1, -0.05) is 6.92 Å². The van der Waals surface area contributed by atoms with Gasteiger partial charge in [-0.15, -0.1) is 11.6 Å². The fourth-order valence-corrected chi connectivity index (χ4v) is 0. The molecule has 31 valence electrons. The molecule has 0 bridgehead atoms. The van der Waals surface area contributed by atoms with Gasteiger partial charge in [0.15, 0.2) is 17.4 Å². The van der Waals surface area contributed by atoms with E-state index >= 15 is 0 Å². The van der Waals surface area contributed by atoms with Crippen LogP contribution in [0.2, 0.25) is 0 Å². The Morgan fingerprint density at radius 2 is 1.80 bits per heavy atom. The van der Waals surface area contributed by atoms with Crippen molar-refractivity contribution >= 4 is 29.0 Å². The first-order chi connectivity index (χ1) is 1.91. The second kappa shape index (κ2) is 8.85. The van der Waals surface area contributed by atoms with Crippen molar-refractivity contribution in [3.05, 3.63) is 6.92 Å². The van der Waals surface area contributed by atoms with Gasteiger partial charge in [-0.2, -0.15) is 0 Å². The molecular weight excluding hydrogens is 98.5 g/mol. The van der Waals surface area contributed by atoms with E-state index in [-0.39, 0.29) is 17.4 Å². The first kappa shape index (κ1) is 9.27. The number of alkyl halides is 1. The van der Waals surface area contributed by atoms with Gasteiger partial charge in [0.1, 0.15) is 0 Å². The molecule has 0 aromatic carbocycles. The Morgan fingerprint density at radius 1 is 1.60 bits per heavy atom. The van der Waals surface area contributed by atoms with E-state index in [1.807, 2.05) is 0 Å². The highest BCUT2D eigenvalue weighted by molar-refractivity contribution is 6.17. The summed E-state index contributed by atoms with van der Waals surface area (Å²) in [6, 6.07) is 0. The predicted octanol–water partition coefficient (Wildman–Crippen LogP) is 0.265. The minimum Gasteiger partial charge on any atom is -0.127 e. The molecule has 0 heterocycles. The monoisotopic (exact) mass is 107 g/mol. The van der Waals surface area contributed by atoms with Crippen LogP contribution < -0.4 is 0 Å². The van der Waals surface area contributed by atoms with Crippen LogP contribution >= 0.6 is 11.6 Å². The number of hydrogen-bond acceptors (Lipinski definition) is 0. The molecule has 0 saturated carbocycles. The Bertz CT molecular complexity index is 8.85. The Morgan fingerprint density at radius 3 is 1.80 bits per heavy atom. The predicted molar refractivity (Wildman–Crippen MR) is 30.6 cm³/mol. The number of hydrogen-bond donors (Lipinski definition) is 0. The Balaban J connectivity index is 0. The maximum atomic E-state index is 5.12. The van der Waals surface area contributed by atoms with Crippen LogP contribution in [0.1, 0.15) is 6.42 Å². The minimum atomic E-state index is 0. The van der Waals surface area contributed by atoms with Gasteiger partial charge in [-0.05, 0) is 6.42 Å². The maximum absolute atomic E-state index is 5.12. The lowest BCUT2D eigenvalue weighted by atomic mass is 10.6. The highest BCUT2D eigenvalue weighted by Crippen LogP contribution is 1.75. The normalized spacial score (nSPS) is 6.00.